The van der Waals surface area contributed by atoms with Gasteiger partial charge in [-0.3, -0.25) is 0 Å². The van der Waals surface area contributed by atoms with Crippen molar-refractivity contribution in [1.29, 1.82) is 0 Å². The van der Waals surface area contributed by atoms with E-state index >= 15 is 0 Å². The predicted octanol–water partition coefficient (Wildman–Crippen LogP) is 3.79. The van der Waals surface area contributed by atoms with Gasteiger partial charge in [0.2, 0.25) is 0 Å². The minimum atomic E-state index is -0.442. The third kappa shape index (κ3) is 3.85. The van der Waals surface area contributed by atoms with E-state index < -0.39 is 5.60 Å². The fourth-order valence-electron chi connectivity index (χ4n) is 2.44. The number of carbonyl (C=O) groups excluding carboxylic acids is 1. The van der Waals surface area contributed by atoms with E-state index in [1.54, 1.807) is 0 Å². The van der Waals surface area contributed by atoms with Gasteiger partial charge in [0, 0.05) is 24.7 Å². The van der Waals surface area contributed by atoms with Crippen LogP contribution in [0.4, 0.5) is 4.79 Å². The number of hydrogen-bond donors (Lipinski definition) is 0. The summed E-state index contributed by atoms with van der Waals surface area (Å²) in [5.41, 5.74) is 0.773. The van der Waals surface area contributed by atoms with Gasteiger partial charge in [-0.25, -0.2) is 9.25 Å². The lowest BCUT2D eigenvalue weighted by Gasteiger charge is -2.27. The molecule has 0 radical (unpaired) electrons. The zero-order valence-electron chi connectivity index (χ0n) is 12.3. The molecular weight excluding hydrogens is 388 g/mol. The van der Waals surface area contributed by atoms with E-state index in [9.17, 15) is 4.79 Å². The van der Waals surface area contributed by atoms with Crippen LogP contribution in [0.1, 0.15) is 45.6 Å². The molecule has 0 spiro atoms. The van der Waals surface area contributed by atoms with Crippen molar-refractivity contribution in [2.24, 2.45) is 0 Å². The third-order valence-electron chi connectivity index (χ3n) is 3.36. The van der Waals surface area contributed by atoms with Crippen molar-refractivity contribution in [2.75, 3.05) is 6.54 Å². The van der Waals surface area contributed by atoms with E-state index in [1.807, 2.05) is 36.3 Å². The van der Waals surface area contributed by atoms with Gasteiger partial charge in [0.25, 0.3) is 0 Å². The first-order chi connectivity index (χ1) is 9.30. The largest absolute Gasteiger partial charge is 0.444 e. The molecule has 1 amide bonds. The maximum absolute atomic E-state index is 12.2. The molecule has 2 heterocycles. The van der Waals surface area contributed by atoms with Crippen LogP contribution in [0, 0.1) is 0 Å². The fourth-order valence-corrected chi connectivity index (χ4v) is 3.53. The Morgan fingerprint density at radius 1 is 1.55 bits per heavy atom. The molecule has 1 aromatic rings. The second-order valence-electron chi connectivity index (χ2n) is 6.22. The monoisotopic (exact) mass is 409 g/mol. The van der Waals surface area contributed by atoms with Crippen molar-refractivity contribution < 1.29 is 9.53 Å². The molecule has 5 nitrogen and oxygen atoms in total. The molecule has 1 saturated heterocycles. The van der Waals surface area contributed by atoms with Crippen molar-refractivity contribution >= 4 is 34.5 Å². The quantitative estimate of drug-likeness (QED) is 0.552. The normalized spacial score (nSPS) is 23.8. The van der Waals surface area contributed by atoms with Crippen LogP contribution in [0.2, 0.25) is 0 Å². The molecule has 1 aliphatic rings. The summed E-state index contributed by atoms with van der Waals surface area (Å²) < 4.78 is 7.41. The number of aromatic nitrogens is 2. The van der Waals surface area contributed by atoms with Crippen molar-refractivity contribution in [3.8, 4) is 0 Å². The molecule has 2 rings (SSSR count). The molecule has 0 bridgehead atoms. The molecule has 112 valence electrons. The van der Waals surface area contributed by atoms with Gasteiger partial charge in [0.05, 0.1) is 12.6 Å². The molecule has 1 fully saturated rings. The Hall–Kier alpha value is -0.360. The summed E-state index contributed by atoms with van der Waals surface area (Å²) in [6.07, 6.45) is 5.37. The van der Waals surface area contributed by atoms with Crippen LogP contribution in [0.3, 0.4) is 0 Å². The Bertz CT molecular complexity index is 486. The van der Waals surface area contributed by atoms with Crippen molar-refractivity contribution in [2.45, 2.75) is 51.7 Å². The van der Waals surface area contributed by atoms with Gasteiger partial charge in [-0.15, -0.1) is 0 Å². The van der Waals surface area contributed by atoms with E-state index in [4.69, 9.17) is 4.74 Å². The zero-order valence-corrected chi connectivity index (χ0v) is 15.4. The Labute approximate surface area is 134 Å². The zero-order chi connectivity index (χ0) is 14.9. The predicted molar refractivity (Wildman–Crippen MR) is 89.7 cm³/mol. The molecule has 20 heavy (non-hydrogen) atoms. The van der Waals surface area contributed by atoms with Crippen LogP contribution in [0.25, 0.3) is 0 Å². The Morgan fingerprint density at radius 2 is 2.25 bits per heavy atom. The maximum Gasteiger partial charge on any atom is 0.410 e. The summed E-state index contributed by atoms with van der Waals surface area (Å²) in [4.78, 5) is 14.0. The number of hydrogen-bond acceptors (Lipinski definition) is 3. The molecule has 0 aromatic carbocycles. The molecule has 7 heteroatoms. The van der Waals surface area contributed by atoms with Gasteiger partial charge in [-0.1, -0.05) is 0 Å². The molecule has 1 aromatic heterocycles. The Kier molecular flexibility index (Phi) is 4.95. The van der Waals surface area contributed by atoms with E-state index in [1.165, 1.54) is 5.56 Å². The second kappa shape index (κ2) is 6.18. The number of rotatable bonds is 2. The molecule has 3 unspecified atom stereocenters. The highest BCUT2D eigenvalue weighted by molar-refractivity contribution is 14.2. The number of carbonyl (C=O) groups is 1. The molecular formula is C13H21IN3O2P. The highest BCUT2D eigenvalue weighted by Gasteiger charge is 2.36. The molecule has 0 N–H and O–H groups in total. The lowest BCUT2D eigenvalue weighted by atomic mass is 10.0. The van der Waals surface area contributed by atoms with E-state index in [0.717, 1.165) is 6.42 Å². The van der Waals surface area contributed by atoms with Crippen LogP contribution in [0.15, 0.2) is 12.4 Å². The maximum atomic E-state index is 12.2. The van der Waals surface area contributed by atoms with Crippen LogP contribution < -0.4 is 0 Å². The number of halogens is 1. The number of likely N-dealkylation sites (tertiary alicyclic amines) is 1. The standard InChI is InChI=1S/C13H21IN3O2P/c1-9-5-10(11-6-15-17(8-11)20-14)7-16(9)12(18)19-13(2,3)4/h6,8-10,20H,5,7H2,1-4H3. The van der Waals surface area contributed by atoms with E-state index in [2.05, 4.69) is 40.3 Å². The van der Waals surface area contributed by atoms with Crippen LogP contribution in [0.5, 0.6) is 0 Å². The SMILES string of the molecule is CC1CC(c2cnn(PI)c2)CN1C(=O)OC(C)(C)C. The summed E-state index contributed by atoms with van der Waals surface area (Å²) in [6, 6.07) is 0.209. The Balaban J connectivity index is 2.03. The summed E-state index contributed by atoms with van der Waals surface area (Å²) in [6.45, 7) is 8.48. The fraction of sp³-hybridized carbons (Fsp3) is 0.692. The van der Waals surface area contributed by atoms with Gasteiger partial charge < -0.3 is 9.64 Å². The van der Waals surface area contributed by atoms with E-state index in [0.29, 0.717) is 18.8 Å². The summed E-state index contributed by atoms with van der Waals surface area (Å²) >= 11 is 2.31. The molecule has 1 aliphatic heterocycles. The van der Waals surface area contributed by atoms with Crippen LogP contribution in [-0.4, -0.2) is 38.7 Å². The minimum Gasteiger partial charge on any atom is -0.444 e. The highest BCUT2D eigenvalue weighted by Crippen LogP contribution is 2.34. The minimum absolute atomic E-state index is 0.209. The van der Waals surface area contributed by atoms with Gasteiger partial charge in [0.15, 0.2) is 0 Å². The van der Waals surface area contributed by atoms with Crippen LogP contribution >= 0.6 is 28.4 Å². The molecule has 0 aliphatic carbocycles. The summed E-state index contributed by atoms with van der Waals surface area (Å²) in [7, 11) is 0. The second-order valence-corrected chi connectivity index (χ2v) is 8.29. The van der Waals surface area contributed by atoms with Gasteiger partial charge in [0.1, 0.15) is 5.60 Å². The first kappa shape index (κ1) is 16.0. The number of nitrogens with zero attached hydrogens (tertiary/aromatic N) is 3. The molecule has 0 saturated carbocycles. The highest BCUT2D eigenvalue weighted by atomic mass is 127. The average Bonchev–Trinajstić information content (AvgIpc) is 2.92. The van der Waals surface area contributed by atoms with Gasteiger partial charge in [-0.05, 0) is 61.7 Å². The number of ether oxygens (including phenoxy) is 1. The summed E-state index contributed by atoms with van der Waals surface area (Å²) in [5, 5.41) is 4.32. The Morgan fingerprint density at radius 3 is 2.80 bits per heavy atom. The first-order valence-corrected chi connectivity index (χ1v) is 10.8. The average molecular weight is 409 g/mol. The van der Waals surface area contributed by atoms with Crippen molar-refractivity contribution in [3.05, 3.63) is 18.0 Å². The van der Waals surface area contributed by atoms with Crippen molar-refractivity contribution in [3.63, 3.8) is 0 Å². The smallest absolute Gasteiger partial charge is 0.410 e. The van der Waals surface area contributed by atoms with Gasteiger partial charge in [-0.2, -0.15) is 5.10 Å². The molecule has 3 atom stereocenters. The topological polar surface area (TPSA) is 47.4 Å². The van der Waals surface area contributed by atoms with Crippen molar-refractivity contribution in [1.82, 2.24) is 14.5 Å². The lowest BCUT2D eigenvalue weighted by Crippen LogP contribution is -2.38. The summed E-state index contributed by atoms with van der Waals surface area (Å²) in [5.74, 6) is 0.360. The van der Waals surface area contributed by atoms with Crippen LogP contribution in [-0.2, 0) is 4.74 Å². The number of amides is 1. The lowest BCUT2D eigenvalue weighted by molar-refractivity contribution is 0.0237. The third-order valence-corrected chi connectivity index (χ3v) is 5.26. The first-order valence-electron chi connectivity index (χ1n) is 6.71. The van der Waals surface area contributed by atoms with Gasteiger partial charge >= 0.3 is 6.09 Å². The van der Waals surface area contributed by atoms with E-state index in [-0.39, 0.29) is 12.1 Å².